The number of furan rings is 1. The molecule has 0 aliphatic carbocycles. The van der Waals surface area contributed by atoms with Crippen LogP contribution in [-0.4, -0.2) is 24.9 Å². The zero-order chi connectivity index (χ0) is 20.6. The summed E-state index contributed by atoms with van der Waals surface area (Å²) in [6, 6.07) is 17.9. The molecule has 0 fully saturated rings. The summed E-state index contributed by atoms with van der Waals surface area (Å²) in [6.45, 7) is 6.36. The predicted molar refractivity (Wildman–Crippen MR) is 114 cm³/mol. The molecule has 150 valence electrons. The molecule has 2 amide bonds. The molecule has 0 atom stereocenters. The summed E-state index contributed by atoms with van der Waals surface area (Å²) < 4.78 is 5.20. The number of carbonyl (C=O) groups excluding carboxylic acids is 2. The Morgan fingerprint density at radius 2 is 1.59 bits per heavy atom. The predicted octanol–water partition coefficient (Wildman–Crippen LogP) is 4.31. The third-order valence-corrected chi connectivity index (χ3v) is 4.64. The van der Waals surface area contributed by atoms with Gasteiger partial charge in [0.15, 0.2) is 0 Å². The van der Waals surface area contributed by atoms with Crippen molar-refractivity contribution in [2.24, 2.45) is 0 Å². The van der Waals surface area contributed by atoms with Crippen LogP contribution in [0.3, 0.4) is 0 Å². The first kappa shape index (κ1) is 20.2. The first-order valence-corrected chi connectivity index (χ1v) is 9.67. The Morgan fingerprint density at radius 1 is 0.897 bits per heavy atom. The summed E-state index contributed by atoms with van der Waals surface area (Å²) in [4.78, 5) is 27.2. The summed E-state index contributed by atoms with van der Waals surface area (Å²) in [6.07, 6.45) is 1.56. The number of hydrogen-bond donors (Lipinski definition) is 2. The number of amides is 2. The van der Waals surface area contributed by atoms with Crippen LogP contribution in [0, 0.1) is 0 Å². The van der Waals surface area contributed by atoms with Crippen LogP contribution in [0.4, 0.5) is 11.4 Å². The highest BCUT2D eigenvalue weighted by Crippen LogP contribution is 2.18. The molecular formula is C23H25N3O3. The van der Waals surface area contributed by atoms with Gasteiger partial charge in [0.1, 0.15) is 5.76 Å². The van der Waals surface area contributed by atoms with E-state index in [9.17, 15) is 9.59 Å². The topological polar surface area (TPSA) is 74.6 Å². The van der Waals surface area contributed by atoms with E-state index >= 15 is 0 Å². The number of nitrogens with one attached hydrogen (secondary N) is 2. The Bertz CT molecular complexity index is 946. The average molecular weight is 391 g/mol. The quantitative estimate of drug-likeness (QED) is 0.600. The minimum atomic E-state index is -0.264. The van der Waals surface area contributed by atoms with Gasteiger partial charge < -0.3 is 20.0 Å². The van der Waals surface area contributed by atoms with Crippen LogP contribution in [0.15, 0.2) is 71.3 Å². The van der Waals surface area contributed by atoms with Crippen molar-refractivity contribution in [2.45, 2.75) is 20.4 Å². The molecular weight excluding hydrogens is 366 g/mol. The molecule has 1 heterocycles. The maximum absolute atomic E-state index is 12.6. The molecule has 0 unspecified atom stereocenters. The van der Waals surface area contributed by atoms with E-state index in [1.807, 2.05) is 24.3 Å². The molecule has 3 aromatic rings. The number of benzene rings is 2. The van der Waals surface area contributed by atoms with E-state index in [1.54, 1.807) is 42.7 Å². The van der Waals surface area contributed by atoms with Crippen LogP contribution in [0.25, 0.3) is 0 Å². The smallest absolute Gasteiger partial charge is 0.255 e. The van der Waals surface area contributed by atoms with Crippen LogP contribution < -0.4 is 15.5 Å². The van der Waals surface area contributed by atoms with Crippen LogP contribution >= 0.6 is 0 Å². The Hall–Kier alpha value is -3.54. The molecule has 0 bridgehead atoms. The summed E-state index contributed by atoms with van der Waals surface area (Å²) in [7, 11) is 0. The SMILES string of the molecule is CCN(CC)c1ccc(NC(=O)c2cccc(C(=O)NCc3ccco3)c2)cc1. The normalized spacial score (nSPS) is 10.4. The van der Waals surface area contributed by atoms with E-state index in [0.29, 0.717) is 29.1 Å². The van der Waals surface area contributed by atoms with Crippen LogP contribution in [0.1, 0.15) is 40.3 Å². The lowest BCUT2D eigenvalue weighted by atomic mass is 10.1. The van der Waals surface area contributed by atoms with Gasteiger partial charge in [0, 0.05) is 35.6 Å². The maximum Gasteiger partial charge on any atom is 0.255 e. The van der Waals surface area contributed by atoms with Gasteiger partial charge in [-0.05, 0) is 68.4 Å². The fourth-order valence-electron chi connectivity index (χ4n) is 3.03. The van der Waals surface area contributed by atoms with Crippen molar-refractivity contribution in [3.05, 3.63) is 83.8 Å². The molecule has 2 N–H and O–H groups in total. The highest BCUT2D eigenvalue weighted by Gasteiger charge is 2.11. The second-order valence-electron chi connectivity index (χ2n) is 6.52. The minimum Gasteiger partial charge on any atom is -0.467 e. The van der Waals surface area contributed by atoms with Crippen molar-refractivity contribution >= 4 is 23.2 Å². The largest absolute Gasteiger partial charge is 0.467 e. The number of anilines is 2. The fraction of sp³-hybridized carbons (Fsp3) is 0.217. The summed E-state index contributed by atoms with van der Waals surface area (Å²) in [5, 5.41) is 5.65. The zero-order valence-corrected chi connectivity index (χ0v) is 16.6. The highest BCUT2D eigenvalue weighted by atomic mass is 16.3. The number of carbonyl (C=O) groups is 2. The standard InChI is InChI=1S/C23H25N3O3/c1-3-26(4-2)20-12-10-19(11-13-20)25-23(28)18-8-5-7-17(15-18)22(27)24-16-21-9-6-14-29-21/h5-15H,3-4,16H2,1-2H3,(H,24,27)(H,25,28). The molecule has 0 radical (unpaired) electrons. The molecule has 0 spiro atoms. The van der Waals surface area contributed by atoms with Gasteiger partial charge in [-0.2, -0.15) is 0 Å². The van der Waals surface area contributed by atoms with Gasteiger partial charge in [0.05, 0.1) is 12.8 Å². The van der Waals surface area contributed by atoms with Crippen molar-refractivity contribution in [3.8, 4) is 0 Å². The molecule has 6 nitrogen and oxygen atoms in total. The molecule has 3 rings (SSSR count). The van der Waals surface area contributed by atoms with Gasteiger partial charge in [-0.25, -0.2) is 0 Å². The van der Waals surface area contributed by atoms with Crippen molar-refractivity contribution in [1.82, 2.24) is 5.32 Å². The van der Waals surface area contributed by atoms with Gasteiger partial charge in [-0.3, -0.25) is 9.59 Å². The van der Waals surface area contributed by atoms with Gasteiger partial charge in [-0.1, -0.05) is 6.07 Å². The Balaban J connectivity index is 1.63. The van der Waals surface area contributed by atoms with Crippen molar-refractivity contribution in [1.29, 1.82) is 0 Å². The van der Waals surface area contributed by atoms with Crippen LogP contribution in [-0.2, 0) is 6.54 Å². The maximum atomic E-state index is 12.6. The Kier molecular flexibility index (Phi) is 6.68. The van der Waals surface area contributed by atoms with E-state index in [4.69, 9.17) is 4.42 Å². The van der Waals surface area contributed by atoms with Crippen LogP contribution in [0.5, 0.6) is 0 Å². The minimum absolute atomic E-state index is 0.263. The van der Waals surface area contributed by atoms with E-state index in [0.717, 1.165) is 18.8 Å². The van der Waals surface area contributed by atoms with E-state index < -0.39 is 0 Å². The third-order valence-electron chi connectivity index (χ3n) is 4.64. The molecule has 0 saturated heterocycles. The molecule has 0 aliphatic heterocycles. The lowest BCUT2D eigenvalue weighted by Gasteiger charge is -2.21. The van der Waals surface area contributed by atoms with Crippen molar-refractivity contribution in [3.63, 3.8) is 0 Å². The Labute approximate surface area is 170 Å². The van der Waals surface area contributed by atoms with Gasteiger partial charge >= 0.3 is 0 Å². The first-order chi connectivity index (χ1) is 14.1. The second kappa shape index (κ2) is 9.59. The fourth-order valence-corrected chi connectivity index (χ4v) is 3.03. The number of rotatable bonds is 8. The average Bonchev–Trinajstić information content (AvgIpc) is 3.28. The number of nitrogens with zero attached hydrogens (tertiary/aromatic N) is 1. The highest BCUT2D eigenvalue weighted by molar-refractivity contribution is 6.06. The summed E-state index contributed by atoms with van der Waals surface area (Å²) >= 11 is 0. The van der Waals surface area contributed by atoms with Crippen molar-refractivity contribution in [2.75, 3.05) is 23.3 Å². The monoisotopic (exact) mass is 391 g/mol. The molecule has 2 aromatic carbocycles. The third kappa shape index (κ3) is 5.25. The summed E-state index contributed by atoms with van der Waals surface area (Å²) in [5.74, 6) is 0.140. The second-order valence-corrected chi connectivity index (χ2v) is 6.52. The lowest BCUT2D eigenvalue weighted by Crippen LogP contribution is -2.23. The van der Waals surface area contributed by atoms with Gasteiger partial charge in [0.25, 0.3) is 11.8 Å². The van der Waals surface area contributed by atoms with E-state index in [1.165, 1.54) is 0 Å². The Morgan fingerprint density at radius 3 is 2.21 bits per heavy atom. The summed E-state index contributed by atoms with van der Waals surface area (Å²) in [5.41, 5.74) is 2.66. The lowest BCUT2D eigenvalue weighted by molar-refractivity contribution is 0.0948. The van der Waals surface area contributed by atoms with Crippen molar-refractivity contribution < 1.29 is 14.0 Å². The molecule has 0 aliphatic rings. The van der Waals surface area contributed by atoms with E-state index in [2.05, 4.69) is 29.4 Å². The molecule has 29 heavy (non-hydrogen) atoms. The van der Waals surface area contributed by atoms with Gasteiger partial charge in [0.2, 0.25) is 0 Å². The van der Waals surface area contributed by atoms with Crippen LogP contribution in [0.2, 0.25) is 0 Å². The molecule has 0 saturated carbocycles. The first-order valence-electron chi connectivity index (χ1n) is 9.67. The van der Waals surface area contributed by atoms with Gasteiger partial charge in [-0.15, -0.1) is 0 Å². The molecule has 6 heteroatoms. The zero-order valence-electron chi connectivity index (χ0n) is 16.6. The van der Waals surface area contributed by atoms with E-state index in [-0.39, 0.29) is 11.8 Å². The number of hydrogen-bond acceptors (Lipinski definition) is 4. The molecule has 1 aromatic heterocycles.